The van der Waals surface area contributed by atoms with Crippen molar-refractivity contribution in [3.8, 4) is 0 Å². The van der Waals surface area contributed by atoms with Crippen LogP contribution in [-0.2, 0) is 52.9 Å². The van der Waals surface area contributed by atoms with E-state index in [1.807, 2.05) is 24.3 Å². The Morgan fingerprint density at radius 3 is 0.900 bits per heavy atom. The Morgan fingerprint density at radius 2 is 0.740 bits per heavy atom. The van der Waals surface area contributed by atoms with E-state index < -0.39 is 52.3 Å². The van der Waals surface area contributed by atoms with E-state index in [2.05, 4.69) is 68.5 Å². The molecule has 0 amide bonds. The molecule has 274 valence electrons. The number of carbonyl (C=O) groups is 2. The number of hydrogen-bond acceptors (Lipinski definition) is 12. The van der Waals surface area contributed by atoms with Gasteiger partial charge < -0.3 is 59.5 Å². The Labute approximate surface area is 305 Å². The summed E-state index contributed by atoms with van der Waals surface area (Å²) in [5.74, 6) is -2.97. The number of carboxylic acid groups (broad SMARTS) is 2. The molecule has 0 aliphatic carbocycles. The van der Waals surface area contributed by atoms with E-state index in [1.165, 1.54) is 0 Å². The monoisotopic (exact) mass is 826 g/mol. The van der Waals surface area contributed by atoms with Crippen LogP contribution in [-0.4, -0.2) is 64.9 Å². The largest absolute Gasteiger partial charge is 2.00 e. The molecule has 6 aromatic rings. The zero-order valence-corrected chi connectivity index (χ0v) is 29.2. The van der Waals surface area contributed by atoms with Crippen LogP contribution < -0.4 is 20.0 Å². The van der Waals surface area contributed by atoms with Crippen molar-refractivity contribution in [3.63, 3.8) is 0 Å². The van der Waals surface area contributed by atoms with Gasteiger partial charge in [0.1, 0.15) is 15.2 Å². The molecule has 0 bridgehead atoms. The Balaban J connectivity index is 0. The van der Waals surface area contributed by atoms with Crippen LogP contribution in [0.15, 0.2) is 97.6 Å². The number of aliphatic carboxylic acids is 2. The van der Waals surface area contributed by atoms with Gasteiger partial charge in [0.25, 0.3) is 0 Å². The second-order valence-corrected chi connectivity index (χ2v) is 12.8. The zero-order chi connectivity index (χ0) is 33.7. The predicted molar refractivity (Wildman–Crippen MR) is 170 cm³/mol. The molecule has 0 saturated carbocycles. The molecule has 2 unspecified atom stereocenters. The summed E-state index contributed by atoms with van der Waals surface area (Å²) in [6.07, 6.45) is 4.39. The molecule has 2 aromatic carbocycles. The minimum atomic E-state index is -4.39. The Hall–Kier alpha value is -3.72. The maximum absolute atomic E-state index is 9.83. The van der Waals surface area contributed by atoms with Crippen molar-refractivity contribution in [2.24, 2.45) is 0 Å². The molecular weight excluding hydrogens is 797 g/mol. The molecule has 0 aliphatic heterocycles. The average Bonchev–Trinajstić information content (AvgIpc) is 3.03. The fourth-order valence-corrected chi connectivity index (χ4v) is 4.75. The SMILES string of the molecule is O.O.O=C([O-])CCP(=O)([O-])O.O=C([O-])CCP(=O)([O-])O.[Cu+2].[Cu+2].c1cnc2c(c1)ccc1cccnc12.c1cnc2c(c1)ccc1cccnc12. The van der Waals surface area contributed by atoms with Gasteiger partial charge in [-0.3, -0.25) is 19.9 Å². The van der Waals surface area contributed by atoms with Crippen LogP contribution in [0.5, 0.6) is 0 Å². The van der Waals surface area contributed by atoms with Gasteiger partial charge in [-0.05, 0) is 37.1 Å². The molecule has 2 atom stereocenters. The standard InChI is InChI=1S/2C12H8N2.2C3H7O5P.2Cu.2H2O/c2*1-3-9-5-6-10-4-2-8-14-12(10)11(9)13-7-1;2*4-3(5)1-2-9(6,7)8;;;;/h2*1-8H;2*1-2H2,(H,4,5)(H2,6,7,8);;;2*1H2/q;;;;2*+2;;/p-4. The summed E-state index contributed by atoms with van der Waals surface area (Å²) in [4.78, 5) is 72.1. The van der Waals surface area contributed by atoms with Crippen LogP contribution in [0.3, 0.4) is 0 Å². The fourth-order valence-electron chi connectivity index (χ4n) is 3.82. The van der Waals surface area contributed by atoms with Crippen LogP contribution >= 0.6 is 15.2 Å². The first kappa shape index (κ1) is 48.4. The number of hydrogen-bond donors (Lipinski definition) is 2. The first-order chi connectivity index (χ1) is 21.7. The third-order valence-corrected chi connectivity index (χ3v) is 7.46. The van der Waals surface area contributed by atoms with E-state index in [0.717, 1.165) is 43.6 Å². The third-order valence-electron chi connectivity index (χ3n) is 5.89. The van der Waals surface area contributed by atoms with Crippen LogP contribution in [0.4, 0.5) is 0 Å². The van der Waals surface area contributed by atoms with Crippen molar-refractivity contribution in [2.75, 3.05) is 12.3 Å². The molecule has 16 nitrogen and oxygen atoms in total. The van der Waals surface area contributed by atoms with E-state index in [0.29, 0.717) is 0 Å². The smallest absolute Gasteiger partial charge is 0.779 e. The number of aromatic nitrogens is 4. The predicted octanol–water partition coefficient (Wildman–Crippen LogP) is -0.744. The second-order valence-electron chi connectivity index (χ2n) is 9.40. The van der Waals surface area contributed by atoms with Crippen molar-refractivity contribution in [1.29, 1.82) is 0 Å². The van der Waals surface area contributed by atoms with Gasteiger partial charge >= 0.3 is 34.1 Å². The van der Waals surface area contributed by atoms with E-state index in [9.17, 15) is 38.7 Å². The van der Waals surface area contributed by atoms with Crippen LogP contribution in [0.25, 0.3) is 43.6 Å². The summed E-state index contributed by atoms with van der Waals surface area (Å²) in [7, 11) is -8.78. The molecule has 4 heterocycles. The van der Waals surface area contributed by atoms with Gasteiger partial charge in [-0.2, -0.15) is 0 Å². The number of benzene rings is 2. The van der Waals surface area contributed by atoms with Crippen LogP contribution in [0.1, 0.15) is 12.8 Å². The van der Waals surface area contributed by atoms with E-state index in [-0.39, 0.29) is 45.1 Å². The minimum Gasteiger partial charge on any atom is -0.779 e. The van der Waals surface area contributed by atoms with E-state index >= 15 is 0 Å². The molecule has 0 spiro atoms. The van der Waals surface area contributed by atoms with Crippen molar-refractivity contribution >= 4 is 70.7 Å². The van der Waals surface area contributed by atoms with Gasteiger partial charge in [0, 0.05) is 70.6 Å². The minimum absolute atomic E-state index is 0. The number of fused-ring (bicyclic) bond motifs is 6. The molecule has 6 N–H and O–H groups in total. The number of nitrogens with zero attached hydrogens (tertiary/aromatic N) is 4. The Bertz CT molecular complexity index is 1810. The molecule has 2 radical (unpaired) electrons. The first-order valence-electron chi connectivity index (χ1n) is 13.4. The summed E-state index contributed by atoms with van der Waals surface area (Å²) in [6, 6.07) is 24.3. The number of rotatable bonds is 6. The summed E-state index contributed by atoms with van der Waals surface area (Å²) in [5, 5.41) is 23.7. The normalized spacial score (nSPS) is 12.1. The van der Waals surface area contributed by atoms with Gasteiger partial charge in [-0.15, -0.1) is 0 Å². The summed E-state index contributed by atoms with van der Waals surface area (Å²) < 4.78 is 19.7. The topological polar surface area (TPSA) is 316 Å². The molecule has 0 saturated heterocycles. The van der Waals surface area contributed by atoms with E-state index in [1.54, 1.807) is 24.8 Å². The summed E-state index contributed by atoms with van der Waals surface area (Å²) in [6.45, 7) is 0. The van der Waals surface area contributed by atoms with Gasteiger partial charge in [0.15, 0.2) is 0 Å². The molecule has 4 aromatic heterocycles. The van der Waals surface area contributed by atoms with Gasteiger partial charge in [-0.1, -0.05) is 48.5 Å². The molecule has 0 aliphatic rings. The zero-order valence-electron chi connectivity index (χ0n) is 25.5. The molecule has 20 heteroatoms. The quantitative estimate of drug-likeness (QED) is 0.119. The van der Waals surface area contributed by atoms with E-state index in [4.69, 9.17) is 9.79 Å². The average molecular weight is 828 g/mol. The Kier molecular flexibility index (Phi) is 22.2. The summed E-state index contributed by atoms with van der Waals surface area (Å²) in [5.41, 5.74) is 3.91. The van der Waals surface area contributed by atoms with Crippen LogP contribution in [0.2, 0.25) is 0 Å². The maximum atomic E-state index is 9.83. The number of carbonyl (C=O) groups excluding carboxylic acids is 2. The molecule has 6 rings (SSSR count). The van der Waals surface area contributed by atoms with Crippen LogP contribution in [0, 0.1) is 0 Å². The third kappa shape index (κ3) is 16.8. The van der Waals surface area contributed by atoms with Crippen molar-refractivity contribution in [2.45, 2.75) is 12.8 Å². The van der Waals surface area contributed by atoms with Crippen molar-refractivity contribution in [1.82, 2.24) is 19.9 Å². The maximum Gasteiger partial charge on any atom is 2.00 e. The Morgan fingerprint density at radius 1 is 0.520 bits per heavy atom. The van der Waals surface area contributed by atoms with Gasteiger partial charge in [-0.25, -0.2) is 0 Å². The van der Waals surface area contributed by atoms with Gasteiger partial charge in [0.2, 0.25) is 0 Å². The molecular formula is C30H30Cu2N4O12P2. The molecule has 0 fully saturated rings. The second kappa shape index (κ2) is 22.9. The first-order valence-corrected chi connectivity index (χ1v) is 16.9. The molecule has 50 heavy (non-hydrogen) atoms. The van der Waals surface area contributed by atoms with Gasteiger partial charge in [0.05, 0.1) is 22.1 Å². The number of carboxylic acids is 2. The van der Waals surface area contributed by atoms with Crippen molar-refractivity contribution < 1.29 is 93.6 Å². The number of pyridine rings is 4. The summed E-state index contributed by atoms with van der Waals surface area (Å²) >= 11 is 0. The fraction of sp³-hybridized carbons (Fsp3) is 0.133. The van der Waals surface area contributed by atoms with Crippen molar-refractivity contribution in [3.05, 3.63) is 97.6 Å².